The number of rotatable bonds is 4. The van der Waals surface area contributed by atoms with E-state index in [0.29, 0.717) is 6.42 Å². The van der Waals surface area contributed by atoms with Crippen molar-refractivity contribution in [2.24, 2.45) is 0 Å². The summed E-state index contributed by atoms with van der Waals surface area (Å²) in [4.78, 5) is 14.7. The molecule has 0 radical (unpaired) electrons. The molecule has 144 valence electrons. The minimum Gasteiger partial charge on any atom is -0.307 e. The highest BCUT2D eigenvalue weighted by Crippen LogP contribution is 2.36. The maximum absolute atomic E-state index is 13.0. The fourth-order valence-electron chi connectivity index (χ4n) is 3.23. The molecule has 2 aromatic carbocycles. The molecule has 0 fully saturated rings. The SMILES string of the molecule is C[C@H]1Cc2ccccc2N1C(=O)CN(c1cc(Cl)c(Cl)cc1Cl)S(C)(=O)=O. The molecule has 1 aliphatic heterocycles. The molecule has 1 atom stereocenters. The van der Waals surface area contributed by atoms with Gasteiger partial charge in [0.15, 0.2) is 0 Å². The van der Waals surface area contributed by atoms with Gasteiger partial charge >= 0.3 is 0 Å². The summed E-state index contributed by atoms with van der Waals surface area (Å²) >= 11 is 18.1. The van der Waals surface area contributed by atoms with Gasteiger partial charge in [-0.05, 0) is 37.1 Å². The Morgan fingerprint density at radius 2 is 1.78 bits per heavy atom. The number of hydrogen-bond donors (Lipinski definition) is 0. The number of anilines is 2. The third-order valence-electron chi connectivity index (χ3n) is 4.41. The lowest BCUT2D eigenvalue weighted by atomic mass is 10.1. The van der Waals surface area contributed by atoms with Crippen molar-refractivity contribution in [3.8, 4) is 0 Å². The summed E-state index contributed by atoms with van der Waals surface area (Å²) in [5.74, 6) is -0.347. The lowest BCUT2D eigenvalue weighted by molar-refractivity contribution is -0.117. The van der Waals surface area contributed by atoms with E-state index in [1.807, 2.05) is 31.2 Å². The van der Waals surface area contributed by atoms with Gasteiger partial charge < -0.3 is 4.90 Å². The van der Waals surface area contributed by atoms with Gasteiger partial charge in [0.1, 0.15) is 6.54 Å². The normalized spacial score (nSPS) is 16.3. The molecule has 0 saturated heterocycles. The minimum absolute atomic E-state index is 0.0689. The number of halogens is 3. The second-order valence-corrected chi connectivity index (χ2v) is 9.56. The smallest absolute Gasteiger partial charge is 0.248 e. The molecule has 0 saturated carbocycles. The molecule has 5 nitrogen and oxygen atoms in total. The number of carbonyl (C=O) groups is 1. The van der Waals surface area contributed by atoms with Crippen molar-refractivity contribution >= 4 is 62.1 Å². The topological polar surface area (TPSA) is 57.7 Å². The van der Waals surface area contributed by atoms with E-state index in [-0.39, 0.29) is 32.7 Å². The summed E-state index contributed by atoms with van der Waals surface area (Å²) in [6.07, 6.45) is 1.73. The minimum atomic E-state index is -3.79. The van der Waals surface area contributed by atoms with E-state index in [1.54, 1.807) is 4.90 Å². The van der Waals surface area contributed by atoms with Crippen LogP contribution in [-0.4, -0.2) is 33.2 Å². The summed E-state index contributed by atoms with van der Waals surface area (Å²) in [7, 11) is -3.79. The number of nitrogens with zero attached hydrogens (tertiary/aromatic N) is 2. The van der Waals surface area contributed by atoms with Crippen molar-refractivity contribution < 1.29 is 13.2 Å². The molecule has 0 aromatic heterocycles. The van der Waals surface area contributed by atoms with Crippen molar-refractivity contribution in [1.82, 2.24) is 0 Å². The maximum Gasteiger partial charge on any atom is 0.248 e. The third-order valence-corrected chi connectivity index (χ3v) is 6.56. The summed E-state index contributed by atoms with van der Waals surface area (Å²) in [6, 6.07) is 10.2. The van der Waals surface area contributed by atoms with Crippen LogP contribution in [-0.2, 0) is 21.2 Å². The van der Waals surface area contributed by atoms with Gasteiger partial charge in [-0.1, -0.05) is 53.0 Å². The van der Waals surface area contributed by atoms with E-state index in [4.69, 9.17) is 34.8 Å². The van der Waals surface area contributed by atoms with Gasteiger partial charge in [-0.3, -0.25) is 9.10 Å². The number of benzene rings is 2. The lowest BCUT2D eigenvalue weighted by Gasteiger charge is -2.28. The maximum atomic E-state index is 13.0. The molecule has 2 aromatic rings. The highest BCUT2D eigenvalue weighted by atomic mass is 35.5. The number of fused-ring (bicyclic) bond motifs is 1. The zero-order chi connectivity index (χ0) is 19.9. The van der Waals surface area contributed by atoms with E-state index in [2.05, 4.69) is 0 Å². The largest absolute Gasteiger partial charge is 0.307 e. The number of para-hydroxylation sites is 1. The Kier molecular flexibility index (Phi) is 5.64. The van der Waals surface area contributed by atoms with Gasteiger partial charge in [0.2, 0.25) is 15.9 Å². The molecule has 1 heterocycles. The Morgan fingerprint density at radius 1 is 1.15 bits per heavy atom. The second-order valence-electron chi connectivity index (χ2n) is 6.43. The molecule has 0 N–H and O–H groups in total. The van der Waals surface area contributed by atoms with E-state index >= 15 is 0 Å². The van der Waals surface area contributed by atoms with Crippen molar-refractivity contribution in [2.75, 3.05) is 22.0 Å². The van der Waals surface area contributed by atoms with E-state index in [9.17, 15) is 13.2 Å². The predicted octanol–water partition coefficient (Wildman–Crippen LogP) is 4.39. The molecule has 0 bridgehead atoms. The van der Waals surface area contributed by atoms with Crippen LogP contribution in [0.2, 0.25) is 15.1 Å². The van der Waals surface area contributed by atoms with E-state index in [0.717, 1.165) is 21.8 Å². The van der Waals surface area contributed by atoms with Gasteiger partial charge in [-0.2, -0.15) is 0 Å². The number of sulfonamides is 1. The molecule has 1 amide bonds. The number of amides is 1. The zero-order valence-corrected chi connectivity index (χ0v) is 17.7. The van der Waals surface area contributed by atoms with E-state index in [1.165, 1.54) is 12.1 Å². The molecule has 27 heavy (non-hydrogen) atoms. The summed E-state index contributed by atoms with van der Waals surface area (Å²) in [5, 5.41) is 0.446. The van der Waals surface area contributed by atoms with Crippen LogP contribution in [0.3, 0.4) is 0 Å². The van der Waals surface area contributed by atoms with Crippen LogP contribution >= 0.6 is 34.8 Å². The van der Waals surface area contributed by atoms with Gasteiger partial charge in [0.25, 0.3) is 0 Å². The van der Waals surface area contributed by atoms with Crippen molar-refractivity contribution in [3.63, 3.8) is 0 Å². The van der Waals surface area contributed by atoms with Gasteiger partial charge in [-0.15, -0.1) is 0 Å². The van der Waals surface area contributed by atoms with Crippen LogP contribution in [0, 0.1) is 0 Å². The van der Waals surface area contributed by atoms with Crippen molar-refractivity contribution in [1.29, 1.82) is 0 Å². The third kappa shape index (κ3) is 4.04. The molecule has 1 aliphatic rings. The molecule has 0 spiro atoms. The fraction of sp³-hybridized carbons (Fsp3) is 0.278. The first-order valence-electron chi connectivity index (χ1n) is 8.12. The zero-order valence-electron chi connectivity index (χ0n) is 14.6. The first kappa shape index (κ1) is 20.3. The predicted molar refractivity (Wildman–Crippen MR) is 111 cm³/mol. The average Bonchev–Trinajstić information content (AvgIpc) is 2.91. The standard InChI is InChI=1S/C18H17Cl3N2O3S/c1-11-7-12-5-3-4-6-16(12)23(11)18(24)10-22(27(2,25)26)17-9-14(20)13(19)8-15(17)21/h3-6,8-9,11H,7,10H2,1-2H3/t11-/m0/s1. The second kappa shape index (κ2) is 7.51. The average molecular weight is 448 g/mol. The summed E-state index contributed by atoms with van der Waals surface area (Å²) in [6.45, 7) is 1.53. The van der Waals surface area contributed by atoms with Gasteiger partial charge in [0, 0.05) is 11.7 Å². The molecule has 9 heteroatoms. The molecular weight excluding hydrogens is 431 g/mol. The van der Waals surface area contributed by atoms with Crippen molar-refractivity contribution in [2.45, 2.75) is 19.4 Å². The number of hydrogen-bond acceptors (Lipinski definition) is 3. The number of carbonyl (C=O) groups excluding carboxylic acids is 1. The van der Waals surface area contributed by atoms with Crippen LogP contribution in [0.5, 0.6) is 0 Å². The molecule has 3 rings (SSSR count). The van der Waals surface area contributed by atoms with Crippen LogP contribution in [0.4, 0.5) is 11.4 Å². The lowest BCUT2D eigenvalue weighted by Crippen LogP contribution is -2.45. The van der Waals surface area contributed by atoms with E-state index < -0.39 is 16.6 Å². The highest BCUT2D eigenvalue weighted by molar-refractivity contribution is 7.92. The van der Waals surface area contributed by atoms with Gasteiger partial charge in [-0.25, -0.2) is 8.42 Å². The van der Waals surface area contributed by atoms with Crippen LogP contribution in [0.25, 0.3) is 0 Å². The Labute approximate surface area is 173 Å². The quantitative estimate of drug-likeness (QED) is 0.653. The summed E-state index contributed by atoms with van der Waals surface area (Å²) < 4.78 is 25.7. The summed E-state index contributed by atoms with van der Waals surface area (Å²) in [5.41, 5.74) is 1.96. The molecule has 0 unspecified atom stereocenters. The highest BCUT2D eigenvalue weighted by Gasteiger charge is 2.33. The van der Waals surface area contributed by atoms with Crippen LogP contribution < -0.4 is 9.21 Å². The Bertz CT molecular complexity index is 1010. The van der Waals surface area contributed by atoms with Gasteiger partial charge in [0.05, 0.1) is 27.0 Å². The molecular formula is C18H17Cl3N2O3S. The Balaban J connectivity index is 1.98. The molecule has 0 aliphatic carbocycles. The first-order valence-corrected chi connectivity index (χ1v) is 11.1. The first-order chi connectivity index (χ1) is 12.6. The monoisotopic (exact) mass is 446 g/mol. The van der Waals surface area contributed by atoms with Crippen LogP contribution in [0.15, 0.2) is 36.4 Å². The Hall–Kier alpha value is -1.47. The van der Waals surface area contributed by atoms with Crippen LogP contribution in [0.1, 0.15) is 12.5 Å². The Morgan fingerprint density at radius 3 is 2.44 bits per heavy atom. The van der Waals surface area contributed by atoms with Crippen molar-refractivity contribution in [3.05, 3.63) is 57.0 Å². The fourth-order valence-corrected chi connectivity index (χ4v) is 4.78.